The van der Waals surface area contributed by atoms with Crippen LogP contribution in [0.2, 0.25) is 0 Å². The Morgan fingerprint density at radius 2 is 1.30 bits per heavy atom. The lowest BCUT2D eigenvalue weighted by Gasteiger charge is -2.34. The second kappa shape index (κ2) is 4.28. The van der Waals surface area contributed by atoms with E-state index in [2.05, 4.69) is 0 Å². The van der Waals surface area contributed by atoms with Gasteiger partial charge < -0.3 is 46.6 Å². The molecule has 112 valence electrons. The first kappa shape index (κ1) is 15.6. The Labute approximate surface area is 110 Å². The summed E-state index contributed by atoms with van der Waals surface area (Å²) < 4.78 is 0. The molecule has 1 rings (SSSR count). The molecule has 0 saturated heterocycles. The molecule has 0 amide bonds. The second-order valence-corrected chi connectivity index (χ2v) is 3.93. The Morgan fingerprint density at radius 3 is 1.70 bits per heavy atom. The van der Waals surface area contributed by atoms with Crippen LogP contribution in [0.25, 0.3) is 0 Å². The molecule has 1 unspecified atom stereocenters. The first-order valence-corrected chi connectivity index (χ1v) is 4.82. The Bertz CT molecular complexity index is 552. The number of phenols is 4. The second-order valence-electron chi connectivity index (χ2n) is 3.93. The van der Waals surface area contributed by atoms with Gasteiger partial charge in [-0.25, -0.2) is 4.79 Å². The number of aliphatic hydroxyl groups is 3. The first-order valence-electron chi connectivity index (χ1n) is 4.82. The summed E-state index contributed by atoms with van der Waals surface area (Å²) in [5.41, 5.74) is 3.71. The molecule has 0 aliphatic carbocycles. The van der Waals surface area contributed by atoms with E-state index in [9.17, 15) is 35.4 Å². The van der Waals surface area contributed by atoms with Crippen LogP contribution in [-0.4, -0.2) is 52.5 Å². The van der Waals surface area contributed by atoms with Gasteiger partial charge >= 0.3 is 5.97 Å². The highest BCUT2D eigenvalue weighted by atomic mass is 16.5. The smallest absolute Gasteiger partial charge is 0.357 e. The number of nitrogens with two attached hydrogens (primary N) is 2. The molecule has 0 aromatic heterocycles. The Kier molecular flexibility index (Phi) is 3.33. The summed E-state index contributed by atoms with van der Waals surface area (Å²) in [7, 11) is 0. The van der Waals surface area contributed by atoms with Gasteiger partial charge in [0.1, 0.15) is 0 Å². The predicted octanol–water partition coefficient (Wildman–Crippen LogP) is -3.04. The van der Waals surface area contributed by atoms with E-state index in [1.165, 1.54) is 0 Å². The van der Waals surface area contributed by atoms with Crippen LogP contribution >= 0.6 is 0 Å². The van der Waals surface area contributed by atoms with Crippen molar-refractivity contribution in [2.45, 2.75) is 11.5 Å². The number of benzene rings is 1. The van der Waals surface area contributed by atoms with Crippen LogP contribution in [0.5, 0.6) is 23.0 Å². The Hall–Kier alpha value is -2.47. The topological polar surface area (TPSA) is 231 Å². The van der Waals surface area contributed by atoms with E-state index in [1.807, 2.05) is 0 Å². The molecule has 11 nitrogen and oxygen atoms in total. The third-order valence-electron chi connectivity index (χ3n) is 2.64. The number of carbonyl (C=O) groups is 1. The molecule has 12 N–H and O–H groups in total. The first-order chi connectivity index (χ1) is 8.87. The number of anilines is 1. The number of nitrogen functional groups attached to an aromatic ring is 1. The van der Waals surface area contributed by atoms with Gasteiger partial charge in [0.05, 0.1) is 11.3 Å². The van der Waals surface area contributed by atoms with E-state index in [1.54, 1.807) is 0 Å². The van der Waals surface area contributed by atoms with Gasteiger partial charge in [-0.05, 0) is 0 Å². The van der Waals surface area contributed by atoms with Gasteiger partial charge in [0.25, 0.3) is 11.5 Å². The monoisotopic (exact) mass is 292 g/mol. The summed E-state index contributed by atoms with van der Waals surface area (Å²) >= 11 is 0. The molecule has 20 heavy (non-hydrogen) atoms. The molecular weight excluding hydrogens is 280 g/mol. The maximum atomic E-state index is 10.7. The van der Waals surface area contributed by atoms with Crippen LogP contribution in [0.1, 0.15) is 5.56 Å². The lowest BCUT2D eigenvalue weighted by atomic mass is 9.92. The number of aromatic hydroxyl groups is 4. The maximum absolute atomic E-state index is 10.7. The third kappa shape index (κ3) is 1.81. The predicted molar refractivity (Wildman–Crippen MR) is 60.4 cm³/mol. The van der Waals surface area contributed by atoms with Crippen LogP contribution in [0.15, 0.2) is 0 Å². The highest BCUT2D eigenvalue weighted by molar-refractivity contribution is 5.82. The van der Waals surface area contributed by atoms with Crippen LogP contribution in [0.3, 0.4) is 0 Å². The summed E-state index contributed by atoms with van der Waals surface area (Å²) in [5, 5.41) is 74.5. The van der Waals surface area contributed by atoms with Gasteiger partial charge in [0.15, 0.2) is 11.5 Å². The van der Waals surface area contributed by atoms with Crippen molar-refractivity contribution in [3.8, 4) is 23.0 Å². The molecule has 11 heteroatoms. The van der Waals surface area contributed by atoms with Crippen LogP contribution in [0.4, 0.5) is 5.69 Å². The van der Waals surface area contributed by atoms with Crippen molar-refractivity contribution in [3.05, 3.63) is 5.56 Å². The summed E-state index contributed by atoms with van der Waals surface area (Å²) in [6.07, 6.45) is 0. The number of rotatable bonds is 3. The lowest BCUT2D eigenvalue weighted by molar-refractivity contribution is -0.280. The number of aliphatic carboxylic acids is 1. The zero-order valence-corrected chi connectivity index (χ0v) is 9.64. The SMILES string of the molecule is Nc1c(O)c(O)c(O)c(O)c1C(O)(O)C(N)(O)C(=O)O. The average Bonchev–Trinajstić information content (AvgIpc) is 2.33. The summed E-state index contributed by atoms with van der Waals surface area (Å²) in [6.45, 7) is 0. The largest absolute Gasteiger partial charge is 0.504 e. The number of carboxylic acid groups (broad SMARTS) is 1. The van der Waals surface area contributed by atoms with Crippen LogP contribution < -0.4 is 11.5 Å². The molecule has 1 atom stereocenters. The standard InChI is InChI=1S/C9H12N2O9/c10-2-1(3(12)5(14)6(15)4(2)13)9(19,20)8(11,18)7(16)17/h12-15,18-20H,10-11H2,(H,16,17). The molecule has 0 heterocycles. The number of hydrogen-bond acceptors (Lipinski definition) is 10. The number of carboxylic acids is 1. The van der Waals surface area contributed by atoms with Gasteiger partial charge in [-0.1, -0.05) is 0 Å². The zero-order valence-electron chi connectivity index (χ0n) is 9.64. The van der Waals surface area contributed by atoms with Crippen molar-refractivity contribution in [3.63, 3.8) is 0 Å². The molecule has 0 spiro atoms. The average molecular weight is 292 g/mol. The number of hydrogen-bond donors (Lipinski definition) is 10. The minimum Gasteiger partial charge on any atom is -0.504 e. The summed E-state index contributed by atoms with van der Waals surface area (Å²) in [4.78, 5) is 10.7. The molecule has 0 fully saturated rings. The lowest BCUT2D eigenvalue weighted by Crippen LogP contribution is -2.64. The summed E-state index contributed by atoms with van der Waals surface area (Å²) in [6, 6.07) is 0. The molecule has 0 radical (unpaired) electrons. The maximum Gasteiger partial charge on any atom is 0.357 e. The van der Waals surface area contributed by atoms with E-state index < -0.39 is 51.7 Å². The molecule has 0 bridgehead atoms. The van der Waals surface area contributed by atoms with Crippen molar-refractivity contribution in [1.82, 2.24) is 0 Å². The van der Waals surface area contributed by atoms with Gasteiger partial charge in [-0.3, -0.25) is 5.73 Å². The van der Waals surface area contributed by atoms with Gasteiger partial charge in [0, 0.05) is 0 Å². The van der Waals surface area contributed by atoms with E-state index in [4.69, 9.17) is 21.7 Å². The fourth-order valence-electron chi connectivity index (χ4n) is 1.41. The van der Waals surface area contributed by atoms with Crippen molar-refractivity contribution in [1.29, 1.82) is 0 Å². The molecule has 1 aromatic rings. The van der Waals surface area contributed by atoms with Crippen LogP contribution in [0, 0.1) is 0 Å². The fourth-order valence-corrected chi connectivity index (χ4v) is 1.41. The Balaban J connectivity index is 3.76. The van der Waals surface area contributed by atoms with E-state index in [-0.39, 0.29) is 0 Å². The quantitative estimate of drug-likeness (QED) is 0.116. The van der Waals surface area contributed by atoms with Crippen LogP contribution in [-0.2, 0) is 10.6 Å². The van der Waals surface area contributed by atoms with E-state index in [0.717, 1.165) is 0 Å². The Morgan fingerprint density at radius 1 is 0.900 bits per heavy atom. The normalized spacial score (nSPS) is 14.8. The fraction of sp³-hybridized carbons (Fsp3) is 0.222. The van der Waals surface area contributed by atoms with Crippen molar-refractivity contribution < 1.29 is 45.6 Å². The van der Waals surface area contributed by atoms with Gasteiger partial charge in [0.2, 0.25) is 11.5 Å². The highest BCUT2D eigenvalue weighted by Crippen LogP contribution is 2.52. The van der Waals surface area contributed by atoms with Gasteiger partial charge in [-0.15, -0.1) is 0 Å². The minimum atomic E-state index is -3.91. The van der Waals surface area contributed by atoms with Crippen molar-refractivity contribution in [2.75, 3.05) is 5.73 Å². The highest BCUT2D eigenvalue weighted by Gasteiger charge is 2.56. The van der Waals surface area contributed by atoms with Crippen molar-refractivity contribution >= 4 is 11.7 Å². The zero-order chi connectivity index (χ0) is 16.0. The van der Waals surface area contributed by atoms with E-state index in [0.29, 0.717) is 0 Å². The molecule has 1 aromatic carbocycles. The molecule has 0 aliphatic heterocycles. The summed E-state index contributed by atoms with van der Waals surface area (Å²) in [5.74, 6) is -11.7. The minimum absolute atomic E-state index is 1.12. The molecule has 0 saturated carbocycles. The third-order valence-corrected chi connectivity index (χ3v) is 2.64. The molecule has 0 aliphatic rings. The molecular formula is C9H12N2O9. The van der Waals surface area contributed by atoms with Gasteiger partial charge in [-0.2, -0.15) is 0 Å². The number of phenolic OH excluding ortho intramolecular Hbond substituents is 4. The van der Waals surface area contributed by atoms with E-state index >= 15 is 0 Å². The van der Waals surface area contributed by atoms with Crippen molar-refractivity contribution in [2.24, 2.45) is 5.73 Å².